The lowest BCUT2D eigenvalue weighted by atomic mass is 11.7. The highest BCUT2D eigenvalue weighted by molar-refractivity contribution is 7.86. The van der Waals surface area contributed by atoms with E-state index < -0.39 is 15.9 Å². The summed E-state index contributed by atoms with van der Waals surface area (Å²) in [6.45, 7) is 0. The van der Waals surface area contributed by atoms with Crippen LogP contribution in [0.5, 0.6) is 0 Å². The maximum atomic E-state index is 10.6. The highest BCUT2D eigenvalue weighted by Gasteiger charge is 2.08. The van der Waals surface area contributed by atoms with Gasteiger partial charge in [0.2, 0.25) is 0 Å². The summed E-state index contributed by atoms with van der Waals surface area (Å²) in [5, 5.41) is 0. The van der Waals surface area contributed by atoms with Crippen molar-refractivity contribution in [2.75, 3.05) is 0 Å². The molecule has 0 radical (unpaired) electrons. The highest BCUT2D eigenvalue weighted by atomic mass is 32.2. The minimum Gasteiger partial charge on any atom is -0.744 e. The fourth-order valence-electron chi connectivity index (χ4n) is 0. The molecule has 0 atom stereocenters. The third kappa shape index (κ3) is 4.28. The predicted octanol–water partition coefficient (Wildman–Crippen LogP) is -1.05. The molecule has 0 aromatic heterocycles. The van der Waals surface area contributed by atoms with Gasteiger partial charge in [0.05, 0.1) is 0 Å². The first-order valence-electron chi connectivity index (χ1n) is 1.17. The molecular weight excluding hydrogens is 162 g/mol. The number of hydrogen-bond acceptors (Lipinski definition) is 3. The average Bonchev–Trinajstić information content (AvgIpc) is 1.31. The van der Waals surface area contributed by atoms with Gasteiger partial charge in [0, 0.05) is 0 Å². The molecule has 3 nitrogen and oxygen atoms in total. The second-order valence-corrected chi connectivity index (χ2v) is 2.10. The number of rotatable bonds is 1. The van der Waals surface area contributed by atoms with Gasteiger partial charge in [-0.3, -0.25) is 0 Å². The van der Waals surface area contributed by atoms with Crippen LogP contribution >= 0.6 is 0 Å². The van der Waals surface area contributed by atoms with E-state index in [9.17, 15) is 8.78 Å². The lowest BCUT2D eigenvalue weighted by Gasteiger charge is -2.01. The summed E-state index contributed by atoms with van der Waals surface area (Å²) in [5.41, 5.74) is 0. The molecule has 0 rings (SSSR count). The van der Waals surface area contributed by atoms with E-state index in [0.717, 1.165) is 0 Å². The third-order valence-electron chi connectivity index (χ3n) is 0.218. The molecule has 0 unspecified atom stereocenters. The molecule has 0 heterocycles. The van der Waals surface area contributed by atoms with Crippen molar-refractivity contribution >= 4 is 23.6 Å². The van der Waals surface area contributed by atoms with Crippen LogP contribution in [0.4, 0.5) is 8.78 Å². The maximum Gasteiger partial charge on any atom is 0.325 e. The monoisotopic (exact) mass is 166 g/mol. The van der Waals surface area contributed by atoms with E-state index in [0.29, 0.717) is 0 Å². The highest BCUT2D eigenvalue weighted by Crippen LogP contribution is 1.98. The molecule has 0 aromatic carbocycles. The Labute approximate surface area is 51.9 Å². The standard InChI is InChI=1S/CH2F2O3S.H2S/c2-1(3)7(4,5)6;/h1H,(H,4,5,6);1H2. The Bertz CT molecular complexity index is 137. The minimum absolute atomic E-state index is 0. The molecule has 0 bridgehead atoms. The Morgan fingerprint density at radius 3 is 1.50 bits per heavy atom. The van der Waals surface area contributed by atoms with Gasteiger partial charge < -0.3 is 4.55 Å². The third-order valence-corrected chi connectivity index (χ3v) is 0.655. The molecule has 0 aromatic rings. The Hall–Kier alpha value is 0.120. The van der Waals surface area contributed by atoms with Crippen LogP contribution in [-0.4, -0.2) is 18.7 Å². The van der Waals surface area contributed by atoms with E-state index in [1.807, 2.05) is 0 Å². The smallest absolute Gasteiger partial charge is 0.325 e. The molecule has 0 saturated heterocycles. The first kappa shape index (κ1) is 11.0. The molecule has 0 aliphatic rings. The van der Waals surface area contributed by atoms with Crippen LogP contribution in [0.1, 0.15) is 0 Å². The molecule has 0 fully saturated rings. The van der Waals surface area contributed by atoms with Crippen molar-refractivity contribution in [2.45, 2.75) is 5.76 Å². The summed E-state index contributed by atoms with van der Waals surface area (Å²) in [5.74, 6) is -3.78. The Balaban J connectivity index is 0. The Kier molecular flexibility index (Phi) is 4.40. The molecule has 8 heavy (non-hydrogen) atoms. The zero-order chi connectivity index (χ0) is 6.08. The van der Waals surface area contributed by atoms with Crippen LogP contribution < -0.4 is 0 Å². The van der Waals surface area contributed by atoms with Crippen molar-refractivity contribution in [1.29, 1.82) is 0 Å². The van der Waals surface area contributed by atoms with Crippen molar-refractivity contribution in [1.82, 2.24) is 0 Å². The van der Waals surface area contributed by atoms with Gasteiger partial charge >= 0.3 is 5.76 Å². The largest absolute Gasteiger partial charge is 0.744 e. The summed E-state index contributed by atoms with van der Waals surface area (Å²) < 4.78 is 48.4. The van der Waals surface area contributed by atoms with E-state index in [-0.39, 0.29) is 13.5 Å². The molecule has 0 saturated carbocycles. The topological polar surface area (TPSA) is 57.2 Å². The molecule has 52 valence electrons. The maximum absolute atomic E-state index is 10.6. The first-order chi connectivity index (χ1) is 2.94. The van der Waals surface area contributed by atoms with Gasteiger partial charge in [0.1, 0.15) is 0 Å². The van der Waals surface area contributed by atoms with Crippen LogP contribution in [0.3, 0.4) is 0 Å². The summed E-state index contributed by atoms with van der Waals surface area (Å²) in [4.78, 5) is 0. The van der Waals surface area contributed by atoms with Gasteiger partial charge in [-0.2, -0.15) is 8.78 Å². The Morgan fingerprint density at radius 1 is 1.38 bits per heavy atom. The zero-order valence-electron chi connectivity index (χ0n) is 3.54. The fourth-order valence-corrected chi connectivity index (χ4v) is 0. The van der Waals surface area contributed by atoms with Crippen LogP contribution in [0.2, 0.25) is 0 Å². The molecule has 0 N–H and O–H groups in total. The van der Waals surface area contributed by atoms with Gasteiger partial charge in [-0.25, -0.2) is 8.42 Å². The lowest BCUT2D eigenvalue weighted by Crippen LogP contribution is -2.08. The quantitative estimate of drug-likeness (QED) is 0.369. The van der Waals surface area contributed by atoms with Crippen molar-refractivity contribution in [3.05, 3.63) is 0 Å². The van der Waals surface area contributed by atoms with Crippen molar-refractivity contribution < 1.29 is 21.8 Å². The summed E-state index contributed by atoms with van der Waals surface area (Å²) >= 11 is 0. The fraction of sp³-hybridized carbons (Fsp3) is 1.00. The number of halogens is 2. The SMILES string of the molecule is O=S(=O)([O-])C(F)F.[SH3+]. The van der Waals surface area contributed by atoms with E-state index in [1.54, 1.807) is 0 Å². The van der Waals surface area contributed by atoms with Crippen LogP contribution in [0.25, 0.3) is 0 Å². The molecule has 0 spiro atoms. The molecular formula is CH4F2O3S2. The predicted molar refractivity (Wildman–Crippen MR) is 27.3 cm³/mol. The summed E-state index contributed by atoms with van der Waals surface area (Å²) in [7, 11) is -5.32. The number of alkyl halides is 2. The normalized spacial score (nSPS) is 11.0. The lowest BCUT2D eigenvalue weighted by molar-refractivity contribution is 0.215. The Morgan fingerprint density at radius 2 is 1.50 bits per heavy atom. The van der Waals surface area contributed by atoms with Gasteiger partial charge in [0.25, 0.3) is 0 Å². The second-order valence-electron chi connectivity index (χ2n) is 0.753. The van der Waals surface area contributed by atoms with E-state index in [4.69, 9.17) is 13.0 Å². The van der Waals surface area contributed by atoms with Gasteiger partial charge in [0.15, 0.2) is 10.1 Å². The average molecular weight is 166 g/mol. The number of hydrogen-bond donors (Lipinski definition) is 0. The van der Waals surface area contributed by atoms with E-state index >= 15 is 0 Å². The summed E-state index contributed by atoms with van der Waals surface area (Å²) in [6, 6.07) is 0. The van der Waals surface area contributed by atoms with Crippen LogP contribution in [0, 0.1) is 0 Å². The van der Waals surface area contributed by atoms with Gasteiger partial charge in [-0.1, -0.05) is 13.5 Å². The molecule has 0 aliphatic carbocycles. The molecule has 0 amide bonds. The van der Waals surface area contributed by atoms with Crippen LogP contribution in [-0.2, 0) is 23.6 Å². The van der Waals surface area contributed by atoms with Gasteiger partial charge in [-0.05, 0) is 0 Å². The van der Waals surface area contributed by atoms with E-state index in [2.05, 4.69) is 0 Å². The minimum atomic E-state index is -5.32. The molecule has 7 heteroatoms. The van der Waals surface area contributed by atoms with Crippen molar-refractivity contribution in [3.8, 4) is 0 Å². The van der Waals surface area contributed by atoms with Crippen LogP contribution in [0.15, 0.2) is 0 Å². The van der Waals surface area contributed by atoms with E-state index in [1.165, 1.54) is 0 Å². The van der Waals surface area contributed by atoms with Gasteiger partial charge in [-0.15, -0.1) is 0 Å². The van der Waals surface area contributed by atoms with Crippen molar-refractivity contribution in [2.24, 2.45) is 0 Å². The van der Waals surface area contributed by atoms with Crippen molar-refractivity contribution in [3.63, 3.8) is 0 Å². The summed E-state index contributed by atoms with van der Waals surface area (Å²) in [6.07, 6.45) is 0. The first-order valence-corrected chi connectivity index (χ1v) is 2.64. The second kappa shape index (κ2) is 3.21. The zero-order valence-corrected chi connectivity index (χ0v) is 5.51. The molecule has 0 aliphatic heterocycles.